The summed E-state index contributed by atoms with van der Waals surface area (Å²) in [5, 5.41) is 5.72. The zero-order chi connectivity index (χ0) is 19.6. The van der Waals surface area contributed by atoms with E-state index in [2.05, 4.69) is 15.6 Å². The van der Waals surface area contributed by atoms with Crippen molar-refractivity contribution in [2.75, 3.05) is 11.9 Å². The SMILES string of the molecule is Cc1ccc2nc(NC(=O)c3ccccc3C)c(C(=O)NCC(C)C)n2c1. The van der Waals surface area contributed by atoms with Crippen molar-refractivity contribution >= 4 is 23.3 Å². The zero-order valence-corrected chi connectivity index (χ0v) is 16.0. The average molecular weight is 364 g/mol. The number of hydrogen-bond acceptors (Lipinski definition) is 3. The Morgan fingerprint density at radius 3 is 2.52 bits per heavy atom. The molecule has 0 radical (unpaired) electrons. The molecule has 6 heteroatoms. The number of aromatic nitrogens is 2. The first-order valence-electron chi connectivity index (χ1n) is 9.00. The van der Waals surface area contributed by atoms with Crippen LogP contribution in [0.25, 0.3) is 5.65 Å². The Labute approximate surface area is 158 Å². The number of carbonyl (C=O) groups is 2. The molecule has 2 amide bonds. The van der Waals surface area contributed by atoms with Crippen LogP contribution in [0.2, 0.25) is 0 Å². The van der Waals surface area contributed by atoms with E-state index in [1.54, 1.807) is 10.5 Å². The summed E-state index contributed by atoms with van der Waals surface area (Å²) in [4.78, 5) is 30.0. The molecule has 27 heavy (non-hydrogen) atoms. The van der Waals surface area contributed by atoms with Crippen molar-refractivity contribution in [3.63, 3.8) is 0 Å². The molecule has 3 aromatic rings. The fourth-order valence-corrected chi connectivity index (χ4v) is 2.84. The summed E-state index contributed by atoms with van der Waals surface area (Å²) in [7, 11) is 0. The number of benzene rings is 1. The van der Waals surface area contributed by atoms with Crippen molar-refractivity contribution in [3.8, 4) is 0 Å². The highest BCUT2D eigenvalue weighted by Crippen LogP contribution is 2.20. The van der Waals surface area contributed by atoms with E-state index in [1.165, 1.54) is 0 Å². The lowest BCUT2D eigenvalue weighted by atomic mass is 10.1. The Morgan fingerprint density at radius 1 is 1.07 bits per heavy atom. The van der Waals surface area contributed by atoms with Crippen LogP contribution >= 0.6 is 0 Å². The fraction of sp³-hybridized carbons (Fsp3) is 0.286. The molecule has 2 N–H and O–H groups in total. The number of anilines is 1. The molecule has 2 aromatic heterocycles. The minimum absolute atomic E-state index is 0.259. The van der Waals surface area contributed by atoms with Crippen molar-refractivity contribution < 1.29 is 9.59 Å². The topological polar surface area (TPSA) is 75.5 Å². The molecule has 140 valence electrons. The van der Waals surface area contributed by atoms with Crippen LogP contribution in [0.1, 0.15) is 45.8 Å². The molecule has 0 bridgehead atoms. The van der Waals surface area contributed by atoms with Gasteiger partial charge in [-0.1, -0.05) is 38.1 Å². The minimum Gasteiger partial charge on any atom is -0.350 e. The summed E-state index contributed by atoms with van der Waals surface area (Å²) in [6.07, 6.45) is 1.84. The second-order valence-electron chi connectivity index (χ2n) is 7.12. The predicted octanol–water partition coefficient (Wildman–Crippen LogP) is 3.59. The third-order valence-electron chi connectivity index (χ3n) is 4.27. The Bertz CT molecular complexity index is 1000. The molecule has 2 heterocycles. The Morgan fingerprint density at radius 2 is 1.81 bits per heavy atom. The van der Waals surface area contributed by atoms with Crippen LogP contribution in [0.5, 0.6) is 0 Å². The van der Waals surface area contributed by atoms with Crippen LogP contribution in [-0.2, 0) is 0 Å². The normalized spacial score (nSPS) is 11.0. The number of imidazole rings is 1. The molecule has 0 saturated heterocycles. The molecule has 0 aliphatic carbocycles. The van der Waals surface area contributed by atoms with Crippen LogP contribution in [0.3, 0.4) is 0 Å². The summed E-state index contributed by atoms with van der Waals surface area (Å²) in [5.41, 5.74) is 3.35. The van der Waals surface area contributed by atoms with Crippen LogP contribution < -0.4 is 10.6 Å². The van der Waals surface area contributed by atoms with E-state index in [0.717, 1.165) is 11.1 Å². The van der Waals surface area contributed by atoms with Gasteiger partial charge in [-0.25, -0.2) is 4.98 Å². The standard InChI is InChI=1S/C21H24N4O2/c1-13(2)11-22-21(27)18-19(23-17-10-9-14(3)12-25(17)18)24-20(26)16-8-6-5-7-15(16)4/h5-10,12-13H,11H2,1-4H3,(H,22,27)(H,24,26). The number of nitrogens with zero attached hydrogens (tertiary/aromatic N) is 2. The predicted molar refractivity (Wildman–Crippen MR) is 106 cm³/mol. The Hall–Kier alpha value is -3.15. The first-order chi connectivity index (χ1) is 12.9. The summed E-state index contributed by atoms with van der Waals surface area (Å²) in [6, 6.07) is 11.1. The third-order valence-corrected chi connectivity index (χ3v) is 4.27. The highest BCUT2D eigenvalue weighted by Gasteiger charge is 2.22. The fourth-order valence-electron chi connectivity index (χ4n) is 2.84. The van der Waals surface area contributed by atoms with Crippen molar-refractivity contribution in [2.45, 2.75) is 27.7 Å². The molecular weight excluding hydrogens is 340 g/mol. The van der Waals surface area contributed by atoms with Crippen molar-refractivity contribution in [2.24, 2.45) is 5.92 Å². The molecule has 0 saturated carbocycles. The van der Waals surface area contributed by atoms with Gasteiger partial charge in [0.2, 0.25) is 0 Å². The van der Waals surface area contributed by atoms with Crippen molar-refractivity contribution in [3.05, 3.63) is 65.0 Å². The number of fused-ring (bicyclic) bond motifs is 1. The van der Waals surface area contributed by atoms with E-state index in [0.29, 0.717) is 29.4 Å². The van der Waals surface area contributed by atoms with Gasteiger partial charge < -0.3 is 10.6 Å². The molecular formula is C21H24N4O2. The highest BCUT2D eigenvalue weighted by molar-refractivity contribution is 6.08. The quantitative estimate of drug-likeness (QED) is 0.726. The Balaban J connectivity index is 2.01. The zero-order valence-electron chi connectivity index (χ0n) is 16.0. The van der Waals surface area contributed by atoms with Gasteiger partial charge in [-0.2, -0.15) is 0 Å². The maximum atomic E-state index is 12.8. The van der Waals surface area contributed by atoms with Crippen LogP contribution in [0, 0.1) is 19.8 Å². The van der Waals surface area contributed by atoms with E-state index >= 15 is 0 Å². The minimum atomic E-state index is -0.286. The van der Waals surface area contributed by atoms with Gasteiger partial charge in [-0.3, -0.25) is 14.0 Å². The van der Waals surface area contributed by atoms with Gasteiger partial charge in [0.1, 0.15) is 5.65 Å². The van der Waals surface area contributed by atoms with Gasteiger partial charge >= 0.3 is 0 Å². The smallest absolute Gasteiger partial charge is 0.272 e. The summed E-state index contributed by atoms with van der Waals surface area (Å²) >= 11 is 0. The molecule has 0 aliphatic heterocycles. The first-order valence-corrected chi connectivity index (χ1v) is 9.00. The van der Waals surface area contributed by atoms with Crippen LogP contribution in [-0.4, -0.2) is 27.7 Å². The van der Waals surface area contributed by atoms with Gasteiger partial charge in [-0.05, 0) is 43.0 Å². The number of nitrogens with one attached hydrogen (secondary N) is 2. The monoisotopic (exact) mass is 364 g/mol. The van der Waals surface area contributed by atoms with Crippen molar-refractivity contribution in [1.29, 1.82) is 0 Å². The molecule has 0 spiro atoms. The lowest BCUT2D eigenvalue weighted by Gasteiger charge is -2.10. The second kappa shape index (κ2) is 7.61. The number of aryl methyl sites for hydroxylation is 2. The van der Waals surface area contributed by atoms with E-state index in [-0.39, 0.29) is 17.6 Å². The summed E-state index contributed by atoms with van der Waals surface area (Å²) in [5.74, 6) is 0.0306. The molecule has 0 aliphatic rings. The van der Waals surface area contributed by atoms with Gasteiger partial charge in [0.25, 0.3) is 11.8 Å². The van der Waals surface area contributed by atoms with E-state index in [1.807, 2.05) is 64.2 Å². The number of amides is 2. The van der Waals surface area contributed by atoms with Crippen molar-refractivity contribution in [1.82, 2.24) is 14.7 Å². The van der Waals surface area contributed by atoms with Gasteiger partial charge in [0, 0.05) is 18.3 Å². The van der Waals surface area contributed by atoms with Crippen LogP contribution in [0.4, 0.5) is 5.82 Å². The van der Waals surface area contributed by atoms with Crippen LogP contribution in [0.15, 0.2) is 42.6 Å². The average Bonchev–Trinajstić information content (AvgIpc) is 2.96. The van der Waals surface area contributed by atoms with E-state index in [9.17, 15) is 9.59 Å². The maximum absolute atomic E-state index is 12.8. The molecule has 0 unspecified atom stereocenters. The summed E-state index contributed by atoms with van der Waals surface area (Å²) < 4.78 is 1.72. The van der Waals surface area contributed by atoms with Gasteiger partial charge in [0.05, 0.1) is 0 Å². The van der Waals surface area contributed by atoms with E-state index in [4.69, 9.17) is 0 Å². The number of hydrogen-bond donors (Lipinski definition) is 2. The Kier molecular flexibility index (Phi) is 5.26. The molecule has 0 fully saturated rings. The lowest BCUT2D eigenvalue weighted by molar-refractivity contribution is 0.0944. The molecule has 1 aromatic carbocycles. The summed E-state index contributed by atoms with van der Waals surface area (Å²) in [6.45, 7) is 8.42. The third kappa shape index (κ3) is 4.00. The number of carbonyl (C=O) groups excluding carboxylic acids is 2. The number of rotatable bonds is 5. The lowest BCUT2D eigenvalue weighted by Crippen LogP contribution is -2.29. The number of pyridine rings is 1. The molecule has 0 atom stereocenters. The molecule has 3 rings (SSSR count). The van der Waals surface area contributed by atoms with E-state index < -0.39 is 0 Å². The largest absolute Gasteiger partial charge is 0.350 e. The second-order valence-corrected chi connectivity index (χ2v) is 7.12. The first kappa shape index (κ1) is 18.6. The maximum Gasteiger partial charge on any atom is 0.272 e. The highest BCUT2D eigenvalue weighted by atomic mass is 16.2. The molecule has 6 nitrogen and oxygen atoms in total. The van der Waals surface area contributed by atoms with Gasteiger partial charge in [0.15, 0.2) is 11.5 Å². The van der Waals surface area contributed by atoms with Gasteiger partial charge in [-0.15, -0.1) is 0 Å².